The van der Waals surface area contributed by atoms with E-state index in [1.807, 2.05) is 0 Å². The average Bonchev–Trinajstić information content (AvgIpc) is 2.50. The first-order valence-electron chi connectivity index (χ1n) is 5.49. The van der Waals surface area contributed by atoms with Crippen molar-refractivity contribution in [1.82, 2.24) is 4.67 Å². The minimum Gasteiger partial charge on any atom is -0.326 e. The van der Waals surface area contributed by atoms with Gasteiger partial charge in [-0.15, -0.1) is 0 Å². The minimum absolute atomic E-state index is 0.322. The second kappa shape index (κ2) is 4.61. The van der Waals surface area contributed by atoms with Crippen LogP contribution in [0.25, 0.3) is 0 Å². The molecule has 1 fully saturated rings. The lowest BCUT2D eigenvalue weighted by Crippen LogP contribution is -2.36. The summed E-state index contributed by atoms with van der Waals surface area (Å²) in [5.41, 5.74) is 8.82. The fourth-order valence-electron chi connectivity index (χ4n) is 2.25. The van der Waals surface area contributed by atoms with Crippen LogP contribution in [0.2, 0.25) is 0 Å². The third-order valence-electron chi connectivity index (χ3n) is 3.17. The summed E-state index contributed by atoms with van der Waals surface area (Å²) < 4.78 is 2.30. The molecule has 0 aromatic heterocycles. The number of hydrogen-bond donors (Lipinski definition) is 1. The van der Waals surface area contributed by atoms with Crippen molar-refractivity contribution >= 4 is 9.39 Å². The molecule has 82 valence electrons. The summed E-state index contributed by atoms with van der Waals surface area (Å²) in [4.78, 5) is 0. The molecule has 0 bridgehead atoms. The first-order chi connectivity index (χ1) is 7.16. The van der Waals surface area contributed by atoms with Gasteiger partial charge in [0.25, 0.3) is 0 Å². The second-order valence-corrected chi connectivity index (χ2v) is 5.11. The van der Waals surface area contributed by atoms with Crippen molar-refractivity contribution in [2.75, 3.05) is 6.54 Å². The highest BCUT2D eigenvalue weighted by molar-refractivity contribution is 7.13. The van der Waals surface area contributed by atoms with E-state index in [2.05, 4.69) is 45.3 Å². The molecule has 1 saturated heterocycles. The van der Waals surface area contributed by atoms with Gasteiger partial charge in [-0.25, -0.2) is 0 Å². The maximum atomic E-state index is 6.10. The molecule has 1 aliphatic rings. The van der Waals surface area contributed by atoms with E-state index in [1.165, 1.54) is 11.1 Å². The summed E-state index contributed by atoms with van der Waals surface area (Å²) in [5.74, 6) is 0. The first-order valence-corrected chi connectivity index (χ1v) is 6.01. The average molecular weight is 222 g/mol. The topological polar surface area (TPSA) is 29.3 Å². The largest absolute Gasteiger partial charge is 0.326 e. The van der Waals surface area contributed by atoms with Gasteiger partial charge in [0, 0.05) is 18.6 Å². The Morgan fingerprint density at radius 2 is 2.33 bits per heavy atom. The third-order valence-corrected chi connectivity index (χ3v) is 3.81. The van der Waals surface area contributed by atoms with E-state index in [0.717, 1.165) is 19.4 Å². The molecule has 1 aromatic carbocycles. The van der Waals surface area contributed by atoms with Gasteiger partial charge in [-0.2, -0.15) is 0 Å². The number of aryl methyl sites for hydroxylation is 1. The molecule has 3 heteroatoms. The minimum atomic E-state index is 0.322. The van der Waals surface area contributed by atoms with Crippen LogP contribution < -0.4 is 5.73 Å². The van der Waals surface area contributed by atoms with Crippen LogP contribution >= 0.6 is 9.39 Å². The zero-order valence-electron chi connectivity index (χ0n) is 9.19. The van der Waals surface area contributed by atoms with Crippen LogP contribution in [0.3, 0.4) is 0 Å². The van der Waals surface area contributed by atoms with Gasteiger partial charge in [0.15, 0.2) is 0 Å². The molecule has 0 amide bonds. The molecule has 0 saturated carbocycles. The van der Waals surface area contributed by atoms with E-state index in [1.54, 1.807) is 0 Å². The first kappa shape index (κ1) is 11.1. The highest BCUT2D eigenvalue weighted by Gasteiger charge is 2.28. The Balaban J connectivity index is 2.08. The maximum Gasteiger partial charge on any atom is 0.0321 e. The summed E-state index contributed by atoms with van der Waals surface area (Å²) in [6.45, 7) is 3.23. The van der Waals surface area contributed by atoms with Gasteiger partial charge >= 0.3 is 0 Å². The lowest BCUT2D eigenvalue weighted by molar-refractivity contribution is 0.407. The van der Waals surface area contributed by atoms with Crippen molar-refractivity contribution in [3.8, 4) is 0 Å². The molecule has 3 unspecified atom stereocenters. The number of rotatable bonds is 2. The maximum absolute atomic E-state index is 6.10. The highest BCUT2D eigenvalue weighted by atomic mass is 31.0. The van der Waals surface area contributed by atoms with Gasteiger partial charge in [0.05, 0.1) is 0 Å². The Kier molecular flexibility index (Phi) is 3.40. The predicted molar refractivity (Wildman–Crippen MR) is 67.7 cm³/mol. The molecule has 2 N–H and O–H groups in total. The smallest absolute Gasteiger partial charge is 0.0321 e. The van der Waals surface area contributed by atoms with Crippen LogP contribution in [0.4, 0.5) is 0 Å². The molecule has 0 radical (unpaired) electrons. The summed E-state index contributed by atoms with van der Waals surface area (Å²) in [5, 5.41) is 0. The molecule has 15 heavy (non-hydrogen) atoms. The normalized spacial score (nSPS) is 27.1. The Bertz CT molecular complexity index is 330. The predicted octanol–water partition coefficient (Wildman–Crippen LogP) is 1.73. The van der Waals surface area contributed by atoms with Gasteiger partial charge in [-0.3, -0.25) is 4.67 Å². The van der Waals surface area contributed by atoms with Crippen molar-refractivity contribution in [2.45, 2.75) is 31.8 Å². The van der Waals surface area contributed by atoms with Gasteiger partial charge < -0.3 is 5.73 Å². The van der Waals surface area contributed by atoms with E-state index in [0.29, 0.717) is 12.1 Å². The molecule has 0 spiro atoms. The van der Waals surface area contributed by atoms with Gasteiger partial charge in [0.2, 0.25) is 0 Å². The summed E-state index contributed by atoms with van der Waals surface area (Å²) in [7, 11) is 2.80. The van der Waals surface area contributed by atoms with Crippen LogP contribution in [0.1, 0.15) is 17.5 Å². The number of nitrogens with two attached hydrogens (primary N) is 1. The van der Waals surface area contributed by atoms with Gasteiger partial charge in [-0.1, -0.05) is 39.2 Å². The lowest BCUT2D eigenvalue weighted by Gasteiger charge is -2.22. The summed E-state index contributed by atoms with van der Waals surface area (Å²) in [6.07, 6.45) is 2.17. The molecule has 3 atom stereocenters. The molecular formula is C12H19N2P. The van der Waals surface area contributed by atoms with Crippen molar-refractivity contribution in [2.24, 2.45) is 5.73 Å². The molecule has 1 aromatic rings. The van der Waals surface area contributed by atoms with Gasteiger partial charge in [0.1, 0.15) is 0 Å². The van der Waals surface area contributed by atoms with Gasteiger partial charge in [-0.05, 0) is 25.3 Å². The molecular weight excluding hydrogens is 203 g/mol. The second-order valence-electron chi connectivity index (χ2n) is 4.45. The van der Waals surface area contributed by atoms with Crippen LogP contribution in [-0.2, 0) is 6.42 Å². The van der Waals surface area contributed by atoms with E-state index in [9.17, 15) is 0 Å². The Morgan fingerprint density at radius 1 is 1.53 bits per heavy atom. The van der Waals surface area contributed by atoms with Crippen LogP contribution in [0.5, 0.6) is 0 Å². The van der Waals surface area contributed by atoms with Crippen molar-refractivity contribution < 1.29 is 0 Å². The number of benzene rings is 1. The highest BCUT2D eigenvalue weighted by Crippen LogP contribution is 2.23. The SMILES string of the molecule is Cc1cccc(CC2C(N)CCN2P)c1. The van der Waals surface area contributed by atoms with Crippen LogP contribution in [0, 0.1) is 6.92 Å². The molecule has 2 nitrogen and oxygen atoms in total. The quantitative estimate of drug-likeness (QED) is 0.772. The van der Waals surface area contributed by atoms with Crippen molar-refractivity contribution in [3.63, 3.8) is 0 Å². The Morgan fingerprint density at radius 3 is 2.93 bits per heavy atom. The van der Waals surface area contributed by atoms with Crippen molar-refractivity contribution in [1.29, 1.82) is 0 Å². The molecule has 1 aliphatic heterocycles. The summed E-state index contributed by atoms with van der Waals surface area (Å²) >= 11 is 0. The Hall–Kier alpha value is -0.430. The van der Waals surface area contributed by atoms with Crippen LogP contribution in [-0.4, -0.2) is 23.3 Å². The number of hydrogen-bond acceptors (Lipinski definition) is 2. The zero-order valence-corrected chi connectivity index (χ0v) is 10.3. The summed E-state index contributed by atoms with van der Waals surface area (Å²) in [6, 6.07) is 9.51. The van der Waals surface area contributed by atoms with E-state index < -0.39 is 0 Å². The van der Waals surface area contributed by atoms with E-state index in [4.69, 9.17) is 5.73 Å². The molecule has 2 rings (SSSR count). The van der Waals surface area contributed by atoms with Crippen molar-refractivity contribution in [3.05, 3.63) is 35.4 Å². The van der Waals surface area contributed by atoms with E-state index >= 15 is 0 Å². The third kappa shape index (κ3) is 2.57. The standard InChI is InChI=1S/C12H19N2P/c1-9-3-2-4-10(7-9)8-12-11(13)5-6-14(12)15/h2-4,7,11-12H,5-6,8,13,15H2,1H3. The van der Waals surface area contributed by atoms with E-state index in [-0.39, 0.29) is 0 Å². The number of nitrogens with zero attached hydrogens (tertiary/aromatic N) is 1. The molecule has 0 aliphatic carbocycles. The fraction of sp³-hybridized carbons (Fsp3) is 0.500. The lowest BCUT2D eigenvalue weighted by atomic mass is 10.0. The Labute approximate surface area is 94.1 Å². The zero-order chi connectivity index (χ0) is 10.8. The molecule has 1 heterocycles. The fourth-order valence-corrected chi connectivity index (χ4v) is 2.73. The van der Waals surface area contributed by atoms with Crippen LogP contribution in [0.15, 0.2) is 24.3 Å². The monoisotopic (exact) mass is 222 g/mol.